The van der Waals surface area contributed by atoms with Crippen molar-refractivity contribution in [3.63, 3.8) is 0 Å². The highest BCUT2D eigenvalue weighted by molar-refractivity contribution is 6.68. The minimum absolute atomic E-state index is 0.169. The Hall–Kier alpha value is -1.42. The van der Waals surface area contributed by atoms with Crippen LogP contribution in [0.15, 0.2) is 18.2 Å². The van der Waals surface area contributed by atoms with Crippen molar-refractivity contribution in [3.05, 3.63) is 29.6 Å². The molecule has 5 heteroatoms. The summed E-state index contributed by atoms with van der Waals surface area (Å²) in [5.41, 5.74) is -0.427. The number of ether oxygens (including phenoxy) is 1. The van der Waals surface area contributed by atoms with Crippen molar-refractivity contribution < 1.29 is 18.7 Å². The zero-order chi connectivity index (χ0) is 10.7. The minimum atomic E-state index is -1.00. The molecule has 0 amide bonds. The lowest BCUT2D eigenvalue weighted by Gasteiger charge is -2.05. The predicted molar refractivity (Wildman–Crippen MR) is 47.9 cm³/mol. The Bertz CT molecular complexity index is 390. The van der Waals surface area contributed by atoms with Gasteiger partial charge in [0.25, 0.3) is 5.24 Å². The smallest absolute Gasteiger partial charge is 0.308 e. The molecule has 0 radical (unpaired) electrons. The van der Waals surface area contributed by atoms with E-state index in [1.807, 2.05) is 0 Å². The predicted octanol–water partition coefficient (Wildman–Crippen LogP) is 2.13. The first kappa shape index (κ1) is 10.7. The Kier molecular flexibility index (Phi) is 3.19. The highest BCUT2D eigenvalue weighted by Gasteiger charge is 2.16. The third-order valence-electron chi connectivity index (χ3n) is 1.43. The van der Waals surface area contributed by atoms with Gasteiger partial charge in [0, 0.05) is 6.92 Å². The maximum absolute atomic E-state index is 13.1. The van der Waals surface area contributed by atoms with Gasteiger partial charge in [-0.2, -0.15) is 0 Å². The van der Waals surface area contributed by atoms with E-state index in [0.717, 1.165) is 13.0 Å². The van der Waals surface area contributed by atoms with Crippen molar-refractivity contribution in [1.82, 2.24) is 0 Å². The average molecular weight is 217 g/mol. The molecule has 0 unspecified atom stereocenters. The maximum atomic E-state index is 13.1. The zero-order valence-electron chi connectivity index (χ0n) is 7.21. The Morgan fingerprint density at radius 1 is 1.43 bits per heavy atom. The van der Waals surface area contributed by atoms with Crippen molar-refractivity contribution in [3.8, 4) is 5.75 Å². The van der Waals surface area contributed by atoms with Crippen LogP contribution < -0.4 is 4.74 Å². The number of benzene rings is 1. The number of halogens is 2. The molecule has 3 nitrogen and oxygen atoms in total. The summed E-state index contributed by atoms with van der Waals surface area (Å²) in [5.74, 6) is -1.63. The summed E-state index contributed by atoms with van der Waals surface area (Å²) in [5, 5.41) is -1.00. The van der Waals surface area contributed by atoms with Crippen molar-refractivity contribution in [1.29, 1.82) is 0 Å². The summed E-state index contributed by atoms with van der Waals surface area (Å²) in [6.07, 6.45) is 0. The molecule has 0 spiro atoms. The van der Waals surface area contributed by atoms with E-state index in [9.17, 15) is 14.0 Å². The van der Waals surface area contributed by atoms with E-state index >= 15 is 0 Å². The first-order valence-corrected chi connectivity index (χ1v) is 4.07. The van der Waals surface area contributed by atoms with Crippen LogP contribution in [0.5, 0.6) is 5.75 Å². The third-order valence-corrected chi connectivity index (χ3v) is 1.61. The topological polar surface area (TPSA) is 43.4 Å². The summed E-state index contributed by atoms with van der Waals surface area (Å²) in [6.45, 7) is 1.15. The molecule has 0 aliphatic carbocycles. The Labute approximate surface area is 84.4 Å². The van der Waals surface area contributed by atoms with Crippen LogP contribution >= 0.6 is 11.6 Å². The molecule has 0 saturated carbocycles. The average Bonchev–Trinajstić information content (AvgIpc) is 2.01. The van der Waals surface area contributed by atoms with Crippen molar-refractivity contribution >= 4 is 22.8 Å². The van der Waals surface area contributed by atoms with Gasteiger partial charge in [-0.15, -0.1) is 0 Å². The molecule has 0 bridgehead atoms. The summed E-state index contributed by atoms with van der Waals surface area (Å²) < 4.78 is 17.7. The van der Waals surface area contributed by atoms with E-state index in [1.165, 1.54) is 12.1 Å². The number of rotatable bonds is 2. The fraction of sp³-hybridized carbons (Fsp3) is 0.111. The van der Waals surface area contributed by atoms with Gasteiger partial charge in [0.05, 0.1) is 0 Å². The third kappa shape index (κ3) is 2.29. The normalized spacial score (nSPS) is 9.64. The lowest BCUT2D eigenvalue weighted by atomic mass is 10.2. The van der Waals surface area contributed by atoms with Crippen LogP contribution in [0, 0.1) is 5.82 Å². The Morgan fingerprint density at radius 2 is 2.07 bits per heavy atom. The second-order valence-corrected chi connectivity index (χ2v) is 2.82. The number of hydrogen-bond acceptors (Lipinski definition) is 3. The van der Waals surface area contributed by atoms with Gasteiger partial charge in [0.2, 0.25) is 0 Å². The molecule has 0 saturated heterocycles. The molecule has 74 valence electrons. The molecular weight excluding hydrogens is 211 g/mol. The van der Waals surface area contributed by atoms with E-state index in [1.54, 1.807) is 0 Å². The van der Waals surface area contributed by atoms with E-state index in [2.05, 4.69) is 4.74 Å². The molecule has 0 aliphatic heterocycles. The first-order valence-electron chi connectivity index (χ1n) is 3.69. The molecule has 1 aromatic rings. The maximum Gasteiger partial charge on any atom is 0.308 e. The van der Waals surface area contributed by atoms with Gasteiger partial charge >= 0.3 is 5.97 Å². The fourth-order valence-electron chi connectivity index (χ4n) is 0.935. The van der Waals surface area contributed by atoms with Gasteiger partial charge in [-0.1, -0.05) is 6.07 Å². The van der Waals surface area contributed by atoms with Crippen molar-refractivity contribution in [2.75, 3.05) is 0 Å². The molecule has 0 atom stereocenters. The van der Waals surface area contributed by atoms with Gasteiger partial charge < -0.3 is 4.74 Å². The van der Waals surface area contributed by atoms with Crippen LogP contribution in [0.2, 0.25) is 0 Å². The molecule has 1 aromatic carbocycles. The van der Waals surface area contributed by atoms with E-state index < -0.39 is 22.6 Å². The standard InChI is InChI=1S/C9H6ClFO3/c1-5(12)14-7-4-2-3-6(11)8(7)9(10)13/h2-4H,1H3. The number of esters is 1. The van der Waals surface area contributed by atoms with E-state index in [4.69, 9.17) is 11.6 Å². The van der Waals surface area contributed by atoms with Gasteiger partial charge in [-0.25, -0.2) is 4.39 Å². The van der Waals surface area contributed by atoms with Crippen LogP contribution in [0.25, 0.3) is 0 Å². The van der Waals surface area contributed by atoms with Gasteiger partial charge in [-0.05, 0) is 23.7 Å². The van der Waals surface area contributed by atoms with Crippen LogP contribution in [0.1, 0.15) is 17.3 Å². The highest BCUT2D eigenvalue weighted by atomic mass is 35.5. The monoisotopic (exact) mass is 216 g/mol. The van der Waals surface area contributed by atoms with E-state index in [-0.39, 0.29) is 5.75 Å². The Balaban J connectivity index is 3.21. The zero-order valence-corrected chi connectivity index (χ0v) is 7.97. The number of carbonyl (C=O) groups is 2. The van der Waals surface area contributed by atoms with Crippen LogP contribution in [-0.4, -0.2) is 11.2 Å². The molecule has 14 heavy (non-hydrogen) atoms. The van der Waals surface area contributed by atoms with E-state index in [0.29, 0.717) is 0 Å². The number of carbonyl (C=O) groups excluding carboxylic acids is 2. The molecule has 0 aromatic heterocycles. The molecule has 0 fully saturated rings. The lowest BCUT2D eigenvalue weighted by Crippen LogP contribution is -2.06. The quantitative estimate of drug-likeness (QED) is 0.432. The van der Waals surface area contributed by atoms with Crippen molar-refractivity contribution in [2.45, 2.75) is 6.92 Å². The molecule has 0 N–H and O–H groups in total. The second kappa shape index (κ2) is 4.19. The summed E-state index contributed by atoms with van der Waals surface area (Å²) >= 11 is 5.13. The summed E-state index contributed by atoms with van der Waals surface area (Å²) in [4.78, 5) is 21.4. The van der Waals surface area contributed by atoms with Gasteiger partial charge in [-0.3, -0.25) is 9.59 Å². The lowest BCUT2D eigenvalue weighted by molar-refractivity contribution is -0.131. The first-order chi connectivity index (χ1) is 6.52. The minimum Gasteiger partial charge on any atom is -0.426 e. The largest absolute Gasteiger partial charge is 0.426 e. The number of hydrogen-bond donors (Lipinski definition) is 0. The van der Waals surface area contributed by atoms with Gasteiger partial charge in [0.15, 0.2) is 0 Å². The SMILES string of the molecule is CC(=O)Oc1cccc(F)c1C(=O)Cl. The molecule has 0 aliphatic rings. The fourth-order valence-corrected chi connectivity index (χ4v) is 1.12. The van der Waals surface area contributed by atoms with Crippen LogP contribution in [0.4, 0.5) is 4.39 Å². The van der Waals surface area contributed by atoms with Gasteiger partial charge in [0.1, 0.15) is 17.1 Å². The summed E-state index contributed by atoms with van der Waals surface area (Å²) in [6, 6.07) is 3.67. The Morgan fingerprint density at radius 3 is 2.57 bits per heavy atom. The molecular formula is C9H6ClFO3. The second-order valence-electron chi connectivity index (χ2n) is 2.48. The summed E-state index contributed by atoms with van der Waals surface area (Å²) in [7, 11) is 0. The van der Waals surface area contributed by atoms with Crippen LogP contribution in [0.3, 0.4) is 0 Å². The van der Waals surface area contributed by atoms with Crippen LogP contribution in [-0.2, 0) is 4.79 Å². The van der Waals surface area contributed by atoms with Crippen molar-refractivity contribution in [2.24, 2.45) is 0 Å². The molecule has 1 rings (SSSR count). The molecule has 0 heterocycles. The highest BCUT2D eigenvalue weighted by Crippen LogP contribution is 2.23.